The van der Waals surface area contributed by atoms with Crippen molar-refractivity contribution in [1.29, 1.82) is 0 Å². The monoisotopic (exact) mass is 285 g/mol. The molecule has 0 bridgehead atoms. The van der Waals surface area contributed by atoms with E-state index < -0.39 is 5.91 Å². The second-order valence-electron chi connectivity index (χ2n) is 4.04. The van der Waals surface area contributed by atoms with Crippen molar-refractivity contribution >= 4 is 21.8 Å². The average molecular weight is 286 g/mol. The quantitative estimate of drug-likeness (QED) is 0.741. The van der Waals surface area contributed by atoms with Gasteiger partial charge in [-0.1, -0.05) is 22.0 Å². The Balaban J connectivity index is 2.21. The van der Waals surface area contributed by atoms with Gasteiger partial charge in [0.2, 0.25) is 0 Å². The van der Waals surface area contributed by atoms with Crippen LogP contribution in [0.25, 0.3) is 0 Å². The Hall–Kier alpha value is -1.23. The molecule has 1 fully saturated rings. The van der Waals surface area contributed by atoms with Crippen LogP contribution in [0.3, 0.4) is 0 Å². The van der Waals surface area contributed by atoms with E-state index in [1.54, 1.807) is 0 Å². The van der Waals surface area contributed by atoms with Crippen LogP contribution in [0.2, 0.25) is 0 Å². The summed E-state index contributed by atoms with van der Waals surface area (Å²) in [5.41, 5.74) is -0.263. The van der Waals surface area contributed by atoms with Gasteiger partial charge in [-0.05, 0) is 25.0 Å². The zero-order valence-electron chi connectivity index (χ0n) is 8.53. The van der Waals surface area contributed by atoms with Crippen molar-refractivity contribution in [2.45, 2.75) is 18.4 Å². The molecule has 0 aromatic heterocycles. The maximum absolute atomic E-state index is 11.8. The van der Waals surface area contributed by atoms with Crippen molar-refractivity contribution < 1.29 is 15.0 Å². The minimum Gasteiger partial charge on any atom is -0.507 e. The van der Waals surface area contributed by atoms with Gasteiger partial charge in [0.25, 0.3) is 5.91 Å². The summed E-state index contributed by atoms with van der Waals surface area (Å²) in [6.07, 6.45) is 1.83. The molecular formula is C11H12BrNO3. The first-order valence-corrected chi connectivity index (χ1v) is 6.09. The number of benzene rings is 1. The number of aromatic hydroxyl groups is 2. The Morgan fingerprint density at radius 3 is 2.38 bits per heavy atom. The summed E-state index contributed by atoms with van der Waals surface area (Å²) in [5, 5.41) is 22.5. The van der Waals surface area contributed by atoms with Crippen molar-refractivity contribution in [3.8, 4) is 11.5 Å². The number of rotatable bonds is 3. The van der Waals surface area contributed by atoms with Crippen LogP contribution in [0.5, 0.6) is 11.5 Å². The molecule has 1 aromatic rings. The fraction of sp³-hybridized carbons (Fsp3) is 0.364. The Kier molecular flexibility index (Phi) is 2.80. The SMILES string of the molecule is O=C(NC1(CBr)CC1)c1c(O)cccc1O. The fourth-order valence-corrected chi connectivity index (χ4v) is 2.21. The third-order valence-electron chi connectivity index (χ3n) is 2.74. The molecule has 1 aliphatic rings. The molecule has 0 heterocycles. The molecule has 0 aliphatic heterocycles. The number of hydrogen-bond acceptors (Lipinski definition) is 3. The minimum atomic E-state index is -0.437. The maximum Gasteiger partial charge on any atom is 0.259 e. The molecule has 5 heteroatoms. The highest BCUT2D eigenvalue weighted by molar-refractivity contribution is 9.09. The molecule has 0 unspecified atom stereocenters. The van der Waals surface area contributed by atoms with Crippen molar-refractivity contribution in [3.63, 3.8) is 0 Å². The van der Waals surface area contributed by atoms with Crippen molar-refractivity contribution in [1.82, 2.24) is 5.32 Å². The number of carbonyl (C=O) groups is 1. The Morgan fingerprint density at radius 2 is 1.94 bits per heavy atom. The summed E-state index contributed by atoms with van der Waals surface area (Å²) in [6.45, 7) is 0. The average Bonchev–Trinajstić information content (AvgIpc) is 2.98. The van der Waals surface area contributed by atoms with E-state index >= 15 is 0 Å². The summed E-state index contributed by atoms with van der Waals surface area (Å²) in [6, 6.07) is 4.24. The van der Waals surface area contributed by atoms with Gasteiger partial charge in [0.1, 0.15) is 17.1 Å². The first kappa shape index (κ1) is 11.3. The zero-order valence-corrected chi connectivity index (χ0v) is 10.1. The van der Waals surface area contributed by atoms with Gasteiger partial charge in [0, 0.05) is 5.33 Å². The highest BCUT2D eigenvalue weighted by Gasteiger charge is 2.43. The third kappa shape index (κ3) is 2.00. The van der Waals surface area contributed by atoms with Crippen LogP contribution in [-0.4, -0.2) is 27.0 Å². The molecule has 2 rings (SSSR count). The molecule has 0 spiro atoms. The number of halogens is 1. The molecule has 16 heavy (non-hydrogen) atoms. The molecule has 1 aromatic carbocycles. The summed E-state index contributed by atoms with van der Waals surface area (Å²) in [5.74, 6) is -0.849. The van der Waals surface area contributed by atoms with Crippen molar-refractivity contribution in [3.05, 3.63) is 23.8 Å². The third-order valence-corrected chi connectivity index (χ3v) is 3.81. The molecule has 0 radical (unpaired) electrons. The second kappa shape index (κ2) is 3.97. The van der Waals surface area contributed by atoms with E-state index in [4.69, 9.17) is 0 Å². The normalized spacial score (nSPS) is 16.8. The highest BCUT2D eigenvalue weighted by Crippen LogP contribution is 2.38. The Labute approximate surface area is 101 Å². The molecule has 4 nitrogen and oxygen atoms in total. The summed E-state index contributed by atoms with van der Waals surface area (Å²) in [7, 11) is 0. The number of amides is 1. The van der Waals surface area contributed by atoms with Gasteiger partial charge < -0.3 is 15.5 Å². The van der Waals surface area contributed by atoms with Crippen LogP contribution in [0.4, 0.5) is 0 Å². The molecule has 86 valence electrons. The van der Waals surface area contributed by atoms with Crippen molar-refractivity contribution in [2.75, 3.05) is 5.33 Å². The number of phenolic OH excluding ortho intramolecular Hbond substituents is 2. The van der Waals surface area contributed by atoms with Gasteiger partial charge >= 0.3 is 0 Å². The van der Waals surface area contributed by atoms with Crippen LogP contribution < -0.4 is 5.32 Å². The summed E-state index contributed by atoms with van der Waals surface area (Å²) in [4.78, 5) is 11.8. The van der Waals surface area contributed by atoms with Crippen LogP contribution in [0.1, 0.15) is 23.2 Å². The van der Waals surface area contributed by atoms with Crippen LogP contribution in [-0.2, 0) is 0 Å². The molecule has 1 aliphatic carbocycles. The van der Waals surface area contributed by atoms with E-state index in [1.165, 1.54) is 18.2 Å². The Morgan fingerprint density at radius 1 is 1.38 bits per heavy atom. The van der Waals surface area contributed by atoms with Gasteiger partial charge in [-0.25, -0.2) is 0 Å². The summed E-state index contributed by atoms with van der Waals surface area (Å²) < 4.78 is 0. The van der Waals surface area contributed by atoms with E-state index in [2.05, 4.69) is 21.2 Å². The molecule has 0 atom stereocenters. The fourth-order valence-electron chi connectivity index (χ4n) is 1.51. The van der Waals surface area contributed by atoms with Gasteiger partial charge in [-0.2, -0.15) is 0 Å². The van der Waals surface area contributed by atoms with Gasteiger partial charge in [-0.15, -0.1) is 0 Å². The standard InChI is InChI=1S/C11H12BrNO3/c12-6-11(4-5-11)13-10(16)9-7(14)2-1-3-8(9)15/h1-3,14-15H,4-6H2,(H,13,16). The smallest absolute Gasteiger partial charge is 0.259 e. The number of phenols is 2. The minimum absolute atomic E-state index is 0.0604. The lowest BCUT2D eigenvalue weighted by Crippen LogP contribution is -2.38. The predicted octanol–water partition coefficient (Wildman–Crippen LogP) is 1.76. The van der Waals surface area contributed by atoms with Crippen molar-refractivity contribution in [2.24, 2.45) is 0 Å². The predicted molar refractivity (Wildman–Crippen MR) is 63.0 cm³/mol. The highest BCUT2D eigenvalue weighted by atomic mass is 79.9. The molecular weight excluding hydrogens is 274 g/mol. The molecule has 0 saturated heterocycles. The van der Waals surface area contributed by atoms with Gasteiger partial charge in [-0.3, -0.25) is 4.79 Å². The molecule has 1 amide bonds. The van der Waals surface area contributed by atoms with E-state index in [9.17, 15) is 15.0 Å². The Bertz CT molecular complexity index is 409. The first-order chi connectivity index (χ1) is 7.58. The van der Waals surface area contributed by atoms with E-state index in [-0.39, 0.29) is 22.6 Å². The first-order valence-electron chi connectivity index (χ1n) is 4.97. The van der Waals surface area contributed by atoms with Gasteiger partial charge in [0.15, 0.2) is 0 Å². The van der Waals surface area contributed by atoms with E-state index in [0.29, 0.717) is 5.33 Å². The van der Waals surface area contributed by atoms with Crippen LogP contribution in [0, 0.1) is 0 Å². The number of alkyl halides is 1. The lowest BCUT2D eigenvalue weighted by molar-refractivity contribution is 0.0931. The number of hydrogen-bond donors (Lipinski definition) is 3. The topological polar surface area (TPSA) is 69.6 Å². The summed E-state index contributed by atoms with van der Waals surface area (Å²) >= 11 is 3.33. The molecule has 3 N–H and O–H groups in total. The number of nitrogens with one attached hydrogen (secondary N) is 1. The van der Waals surface area contributed by atoms with Crippen LogP contribution >= 0.6 is 15.9 Å². The van der Waals surface area contributed by atoms with E-state index in [1.807, 2.05) is 0 Å². The zero-order chi connectivity index (χ0) is 11.8. The second-order valence-corrected chi connectivity index (χ2v) is 4.60. The van der Waals surface area contributed by atoms with Crippen LogP contribution in [0.15, 0.2) is 18.2 Å². The van der Waals surface area contributed by atoms with Gasteiger partial charge in [0.05, 0.1) is 5.54 Å². The lowest BCUT2D eigenvalue weighted by atomic mass is 10.1. The molecule has 1 saturated carbocycles. The lowest BCUT2D eigenvalue weighted by Gasteiger charge is -2.15. The maximum atomic E-state index is 11.8. The van der Waals surface area contributed by atoms with E-state index in [0.717, 1.165) is 12.8 Å². The number of carbonyl (C=O) groups excluding carboxylic acids is 1. The largest absolute Gasteiger partial charge is 0.507 e.